The first-order chi connectivity index (χ1) is 14.5. The van der Waals surface area contributed by atoms with Gasteiger partial charge in [-0.1, -0.05) is 50.2 Å². The van der Waals surface area contributed by atoms with E-state index in [0.717, 1.165) is 30.9 Å². The number of amides is 3. The van der Waals surface area contributed by atoms with Gasteiger partial charge < -0.3 is 9.80 Å². The second kappa shape index (κ2) is 8.56. The van der Waals surface area contributed by atoms with E-state index >= 15 is 0 Å². The van der Waals surface area contributed by atoms with Gasteiger partial charge in [0.05, 0.1) is 12.2 Å². The molecular weight excluding hydrogens is 376 g/mol. The monoisotopic (exact) mass is 406 g/mol. The lowest BCUT2D eigenvalue weighted by atomic mass is 9.85. The molecule has 2 aromatic rings. The molecule has 1 aromatic heterocycles. The number of urea groups is 1. The van der Waals surface area contributed by atoms with Crippen molar-refractivity contribution in [2.24, 2.45) is 5.92 Å². The van der Waals surface area contributed by atoms with Gasteiger partial charge in [-0.3, -0.25) is 14.7 Å². The smallest absolute Gasteiger partial charge is 0.305 e. The highest BCUT2D eigenvalue weighted by Gasteiger charge is 2.57. The molecule has 0 atom stereocenters. The zero-order valence-corrected chi connectivity index (χ0v) is 17.8. The molecule has 2 aliphatic heterocycles. The van der Waals surface area contributed by atoms with Gasteiger partial charge in [0.2, 0.25) is 0 Å². The number of rotatable bonds is 6. The minimum atomic E-state index is -0.755. The van der Waals surface area contributed by atoms with Crippen LogP contribution in [0, 0.1) is 5.92 Å². The third-order valence-corrected chi connectivity index (χ3v) is 6.16. The lowest BCUT2D eigenvalue weighted by molar-refractivity contribution is -0.136. The summed E-state index contributed by atoms with van der Waals surface area (Å²) in [4.78, 5) is 37.1. The zero-order valence-electron chi connectivity index (χ0n) is 17.8. The van der Waals surface area contributed by atoms with Crippen LogP contribution >= 0.6 is 0 Å². The molecule has 2 saturated heterocycles. The van der Waals surface area contributed by atoms with Gasteiger partial charge in [-0.05, 0) is 36.5 Å². The quantitative estimate of drug-likeness (QED) is 0.689. The molecule has 0 saturated carbocycles. The Hall–Kier alpha value is -2.73. The van der Waals surface area contributed by atoms with Gasteiger partial charge in [-0.25, -0.2) is 4.79 Å². The van der Waals surface area contributed by atoms with Crippen molar-refractivity contribution in [1.29, 1.82) is 0 Å². The van der Waals surface area contributed by atoms with Crippen molar-refractivity contribution in [3.63, 3.8) is 0 Å². The van der Waals surface area contributed by atoms with Crippen LogP contribution in [0.4, 0.5) is 4.79 Å². The number of imide groups is 1. The summed E-state index contributed by atoms with van der Waals surface area (Å²) in [6.45, 7) is 7.79. The van der Waals surface area contributed by atoms with Crippen LogP contribution in [-0.4, -0.2) is 56.8 Å². The second-order valence-electron chi connectivity index (χ2n) is 8.79. The van der Waals surface area contributed by atoms with E-state index in [0.29, 0.717) is 25.3 Å². The molecular formula is C24H30N4O2. The van der Waals surface area contributed by atoms with Crippen molar-refractivity contribution in [2.45, 2.75) is 45.3 Å². The highest BCUT2D eigenvalue weighted by atomic mass is 16.2. The number of aromatic nitrogens is 1. The van der Waals surface area contributed by atoms with Crippen LogP contribution in [-0.2, 0) is 17.9 Å². The lowest BCUT2D eigenvalue weighted by Gasteiger charge is -2.42. The Morgan fingerprint density at radius 3 is 2.30 bits per heavy atom. The van der Waals surface area contributed by atoms with Crippen LogP contribution in [0.25, 0.3) is 0 Å². The Labute approximate surface area is 178 Å². The van der Waals surface area contributed by atoms with E-state index in [1.807, 2.05) is 53.4 Å². The molecule has 0 aliphatic carbocycles. The van der Waals surface area contributed by atoms with Crippen LogP contribution in [0.15, 0.2) is 54.7 Å². The molecule has 1 aromatic carbocycles. The molecule has 0 radical (unpaired) electrons. The third kappa shape index (κ3) is 3.97. The van der Waals surface area contributed by atoms with Gasteiger partial charge in [-0.2, -0.15) is 0 Å². The first-order valence-corrected chi connectivity index (χ1v) is 10.8. The highest BCUT2D eigenvalue weighted by Crippen LogP contribution is 2.39. The average molecular weight is 407 g/mol. The van der Waals surface area contributed by atoms with Gasteiger partial charge in [0, 0.05) is 32.4 Å². The number of pyridine rings is 1. The van der Waals surface area contributed by atoms with Crippen LogP contribution < -0.4 is 0 Å². The summed E-state index contributed by atoms with van der Waals surface area (Å²) in [6.07, 6.45) is 3.05. The zero-order chi connectivity index (χ0) is 21.1. The molecule has 0 unspecified atom stereocenters. The molecule has 1 spiro atoms. The maximum atomic E-state index is 13.6. The van der Waals surface area contributed by atoms with E-state index in [4.69, 9.17) is 0 Å². The molecule has 30 heavy (non-hydrogen) atoms. The van der Waals surface area contributed by atoms with Crippen LogP contribution in [0.2, 0.25) is 0 Å². The number of carbonyl (C=O) groups excluding carboxylic acids is 2. The van der Waals surface area contributed by atoms with E-state index in [9.17, 15) is 9.59 Å². The number of piperidine rings is 1. The minimum Gasteiger partial charge on any atom is -0.305 e. The first-order valence-electron chi connectivity index (χ1n) is 10.8. The molecule has 158 valence electrons. The minimum absolute atomic E-state index is 0.0710. The van der Waals surface area contributed by atoms with Crippen molar-refractivity contribution in [3.05, 3.63) is 66.0 Å². The second-order valence-corrected chi connectivity index (χ2v) is 8.79. The van der Waals surface area contributed by atoms with Gasteiger partial charge in [0.15, 0.2) is 0 Å². The van der Waals surface area contributed by atoms with Gasteiger partial charge in [0.25, 0.3) is 5.91 Å². The molecule has 6 heteroatoms. The van der Waals surface area contributed by atoms with Crippen molar-refractivity contribution in [1.82, 2.24) is 19.7 Å². The van der Waals surface area contributed by atoms with Crippen LogP contribution in [0.1, 0.15) is 37.9 Å². The van der Waals surface area contributed by atoms with E-state index in [2.05, 4.69) is 23.7 Å². The Balaban J connectivity index is 1.61. The summed E-state index contributed by atoms with van der Waals surface area (Å²) in [7, 11) is 0. The summed E-state index contributed by atoms with van der Waals surface area (Å²) in [6, 6.07) is 15.3. The van der Waals surface area contributed by atoms with Gasteiger partial charge in [-0.15, -0.1) is 0 Å². The fourth-order valence-electron chi connectivity index (χ4n) is 4.67. The largest absolute Gasteiger partial charge is 0.328 e. The van der Waals surface area contributed by atoms with E-state index < -0.39 is 5.54 Å². The Bertz CT molecular complexity index is 877. The van der Waals surface area contributed by atoms with Crippen LogP contribution in [0.5, 0.6) is 0 Å². The van der Waals surface area contributed by atoms with Crippen molar-refractivity contribution in [2.75, 3.05) is 19.6 Å². The number of carbonyl (C=O) groups is 2. The molecule has 4 rings (SSSR count). The number of hydrogen-bond donors (Lipinski definition) is 0. The summed E-state index contributed by atoms with van der Waals surface area (Å²) >= 11 is 0. The van der Waals surface area contributed by atoms with Crippen LogP contribution in [0.3, 0.4) is 0 Å². The van der Waals surface area contributed by atoms with Crippen molar-refractivity contribution >= 4 is 11.9 Å². The highest BCUT2D eigenvalue weighted by molar-refractivity contribution is 6.07. The predicted octanol–water partition coefficient (Wildman–Crippen LogP) is 3.54. The van der Waals surface area contributed by atoms with E-state index in [1.54, 1.807) is 6.20 Å². The summed E-state index contributed by atoms with van der Waals surface area (Å²) in [5.41, 5.74) is 1.02. The molecule has 3 amide bonds. The van der Waals surface area contributed by atoms with E-state index in [-0.39, 0.29) is 18.5 Å². The topological polar surface area (TPSA) is 56.8 Å². The summed E-state index contributed by atoms with van der Waals surface area (Å²) in [5, 5.41) is 0. The van der Waals surface area contributed by atoms with Crippen molar-refractivity contribution in [3.8, 4) is 0 Å². The average Bonchev–Trinajstić information content (AvgIpc) is 2.93. The van der Waals surface area contributed by atoms with Gasteiger partial charge >= 0.3 is 6.03 Å². The van der Waals surface area contributed by atoms with Crippen molar-refractivity contribution < 1.29 is 9.59 Å². The summed E-state index contributed by atoms with van der Waals surface area (Å²) < 4.78 is 0. The first kappa shape index (κ1) is 20.5. The third-order valence-electron chi connectivity index (χ3n) is 6.16. The maximum Gasteiger partial charge on any atom is 0.328 e. The molecule has 2 fully saturated rings. The molecule has 2 aliphatic rings. The van der Waals surface area contributed by atoms with Gasteiger partial charge in [0.1, 0.15) is 5.54 Å². The maximum absolute atomic E-state index is 13.6. The Morgan fingerprint density at radius 1 is 0.967 bits per heavy atom. The fraction of sp³-hybridized carbons (Fsp3) is 0.458. The molecule has 0 bridgehead atoms. The number of likely N-dealkylation sites (tertiary alicyclic amines) is 1. The SMILES string of the molecule is CC(C)CN1CCC2(CC1)C(=O)N(Cc1ccccn1)C(=O)N2Cc1ccccc1. The lowest BCUT2D eigenvalue weighted by Crippen LogP contribution is -2.56. The molecule has 0 N–H and O–H groups in total. The Kier molecular flexibility index (Phi) is 5.86. The number of nitrogens with zero attached hydrogens (tertiary/aromatic N) is 4. The predicted molar refractivity (Wildman–Crippen MR) is 115 cm³/mol. The summed E-state index contributed by atoms with van der Waals surface area (Å²) in [5.74, 6) is 0.513. The Morgan fingerprint density at radius 2 is 1.67 bits per heavy atom. The number of benzene rings is 1. The molecule has 3 heterocycles. The number of hydrogen-bond acceptors (Lipinski definition) is 4. The molecule has 6 nitrogen and oxygen atoms in total. The normalized spacial score (nSPS) is 19.3. The fourth-order valence-corrected chi connectivity index (χ4v) is 4.67. The van der Waals surface area contributed by atoms with E-state index in [1.165, 1.54) is 4.90 Å². The standard InChI is InChI=1S/C24H30N4O2/c1-19(2)16-26-14-11-24(12-15-26)22(29)27(18-21-10-6-7-13-25-21)23(30)28(24)17-20-8-4-3-5-9-20/h3-10,13,19H,11-12,14-18H2,1-2H3.